The van der Waals surface area contributed by atoms with Crippen molar-refractivity contribution in [1.82, 2.24) is 25.2 Å². The van der Waals surface area contributed by atoms with Gasteiger partial charge in [-0.3, -0.25) is 14.0 Å². The largest absolute Gasteiger partial charge is 0.347 e. The lowest BCUT2D eigenvalue weighted by molar-refractivity contribution is -0.122. The Hall–Kier alpha value is -2.93. The van der Waals surface area contributed by atoms with Gasteiger partial charge in [-0.1, -0.05) is 29.8 Å². The van der Waals surface area contributed by atoms with E-state index < -0.39 is 11.9 Å². The predicted octanol–water partition coefficient (Wildman–Crippen LogP) is 1.82. The van der Waals surface area contributed by atoms with Gasteiger partial charge in [-0.25, -0.2) is 0 Å². The number of carbonyl (C=O) groups excluding carboxylic acids is 2. The number of hydrogen-bond acceptors (Lipinski definition) is 4. The topological polar surface area (TPSA) is 88.4 Å². The van der Waals surface area contributed by atoms with Crippen molar-refractivity contribution < 1.29 is 9.59 Å². The van der Waals surface area contributed by atoms with Gasteiger partial charge in [-0.05, 0) is 31.2 Å². The van der Waals surface area contributed by atoms with Crippen LogP contribution in [0.3, 0.4) is 0 Å². The van der Waals surface area contributed by atoms with Crippen LogP contribution in [0.15, 0.2) is 48.7 Å². The standard InChI is InChI=1S/C17H16ClN5O2/c1-11(20-17(25)12-6-2-3-7-13(12)18)16(24)19-10-15-22-21-14-8-4-5-9-23(14)15/h2-9,11H,10H2,1H3,(H,19,24)(H,20,25)/t11-/m1/s1. The van der Waals surface area contributed by atoms with Gasteiger partial charge >= 0.3 is 0 Å². The average molecular weight is 358 g/mol. The lowest BCUT2D eigenvalue weighted by Crippen LogP contribution is -2.44. The number of carbonyl (C=O) groups is 2. The molecular formula is C17H16ClN5O2. The lowest BCUT2D eigenvalue weighted by Gasteiger charge is -2.14. The van der Waals surface area contributed by atoms with Gasteiger partial charge in [0.05, 0.1) is 17.1 Å². The van der Waals surface area contributed by atoms with Gasteiger partial charge < -0.3 is 10.6 Å². The number of fused-ring (bicyclic) bond motifs is 1. The molecule has 0 saturated carbocycles. The zero-order chi connectivity index (χ0) is 17.8. The Morgan fingerprint density at radius 3 is 2.72 bits per heavy atom. The van der Waals surface area contributed by atoms with Crippen LogP contribution in [0, 0.1) is 0 Å². The Morgan fingerprint density at radius 1 is 1.16 bits per heavy atom. The van der Waals surface area contributed by atoms with E-state index in [0.29, 0.717) is 22.1 Å². The molecule has 0 aliphatic carbocycles. The second kappa shape index (κ2) is 7.31. The number of nitrogens with zero attached hydrogens (tertiary/aromatic N) is 3. The quantitative estimate of drug-likeness (QED) is 0.729. The minimum Gasteiger partial charge on any atom is -0.347 e. The van der Waals surface area contributed by atoms with Crippen molar-refractivity contribution in [2.45, 2.75) is 19.5 Å². The second-order valence-electron chi connectivity index (χ2n) is 5.44. The summed E-state index contributed by atoms with van der Waals surface area (Å²) in [5.41, 5.74) is 1.03. The van der Waals surface area contributed by atoms with Crippen molar-refractivity contribution in [2.75, 3.05) is 0 Å². The van der Waals surface area contributed by atoms with Crippen LogP contribution in [0.4, 0.5) is 0 Å². The van der Waals surface area contributed by atoms with E-state index in [2.05, 4.69) is 20.8 Å². The minimum absolute atomic E-state index is 0.205. The smallest absolute Gasteiger partial charge is 0.253 e. The molecule has 2 aromatic heterocycles. The molecule has 3 rings (SSSR count). The van der Waals surface area contributed by atoms with Crippen molar-refractivity contribution in [2.24, 2.45) is 0 Å². The molecule has 0 fully saturated rings. The van der Waals surface area contributed by atoms with Crippen LogP contribution in [-0.4, -0.2) is 32.5 Å². The molecule has 25 heavy (non-hydrogen) atoms. The molecule has 1 atom stereocenters. The normalized spacial score (nSPS) is 11.9. The average Bonchev–Trinajstić information content (AvgIpc) is 3.03. The first-order valence-corrected chi connectivity index (χ1v) is 8.06. The SMILES string of the molecule is C[C@@H](NC(=O)c1ccccc1Cl)C(=O)NCc1nnc2ccccn12. The monoisotopic (exact) mass is 357 g/mol. The van der Waals surface area contributed by atoms with Gasteiger partial charge in [-0.15, -0.1) is 10.2 Å². The van der Waals surface area contributed by atoms with Crippen LogP contribution in [-0.2, 0) is 11.3 Å². The summed E-state index contributed by atoms with van der Waals surface area (Å²) in [7, 11) is 0. The number of benzene rings is 1. The first-order chi connectivity index (χ1) is 12.1. The van der Waals surface area contributed by atoms with E-state index in [-0.39, 0.29) is 12.5 Å². The molecule has 2 heterocycles. The first-order valence-electron chi connectivity index (χ1n) is 7.68. The van der Waals surface area contributed by atoms with E-state index in [0.717, 1.165) is 0 Å². The molecular weight excluding hydrogens is 342 g/mol. The summed E-state index contributed by atoms with van der Waals surface area (Å²) < 4.78 is 1.78. The van der Waals surface area contributed by atoms with Crippen molar-refractivity contribution in [1.29, 1.82) is 0 Å². The first kappa shape index (κ1) is 16.9. The number of pyridine rings is 1. The zero-order valence-corrected chi connectivity index (χ0v) is 14.2. The van der Waals surface area contributed by atoms with E-state index in [1.807, 2.05) is 24.4 Å². The van der Waals surface area contributed by atoms with Crippen LogP contribution >= 0.6 is 11.6 Å². The van der Waals surface area contributed by atoms with E-state index in [1.54, 1.807) is 35.6 Å². The van der Waals surface area contributed by atoms with Crippen molar-refractivity contribution in [3.63, 3.8) is 0 Å². The van der Waals surface area contributed by atoms with Gasteiger partial charge in [-0.2, -0.15) is 0 Å². The third-order valence-corrected chi connectivity index (χ3v) is 3.99. The van der Waals surface area contributed by atoms with Crippen LogP contribution in [0.25, 0.3) is 5.65 Å². The summed E-state index contributed by atoms with van der Waals surface area (Å²) in [6, 6.07) is 11.5. The molecule has 0 spiro atoms. The molecule has 0 bridgehead atoms. The highest BCUT2D eigenvalue weighted by atomic mass is 35.5. The highest BCUT2D eigenvalue weighted by Gasteiger charge is 2.18. The summed E-state index contributed by atoms with van der Waals surface area (Å²) in [5, 5.41) is 13.8. The maximum atomic E-state index is 12.2. The number of amides is 2. The van der Waals surface area contributed by atoms with Crippen LogP contribution in [0.5, 0.6) is 0 Å². The zero-order valence-electron chi connectivity index (χ0n) is 13.4. The molecule has 0 aliphatic rings. The van der Waals surface area contributed by atoms with E-state index >= 15 is 0 Å². The number of halogens is 1. The molecule has 0 radical (unpaired) electrons. The number of aromatic nitrogens is 3. The second-order valence-corrected chi connectivity index (χ2v) is 5.85. The summed E-state index contributed by atoms with van der Waals surface area (Å²) in [6.45, 7) is 1.81. The summed E-state index contributed by atoms with van der Waals surface area (Å²) in [5.74, 6) is -0.122. The van der Waals surface area contributed by atoms with Gasteiger partial charge in [0.15, 0.2) is 11.5 Å². The van der Waals surface area contributed by atoms with Gasteiger partial charge in [0.1, 0.15) is 6.04 Å². The fourth-order valence-corrected chi connectivity index (χ4v) is 2.54. The Balaban J connectivity index is 1.59. The third-order valence-electron chi connectivity index (χ3n) is 3.66. The maximum Gasteiger partial charge on any atom is 0.253 e. The predicted molar refractivity (Wildman–Crippen MR) is 93.2 cm³/mol. The fourth-order valence-electron chi connectivity index (χ4n) is 2.32. The highest BCUT2D eigenvalue weighted by molar-refractivity contribution is 6.33. The Morgan fingerprint density at radius 2 is 1.92 bits per heavy atom. The molecule has 0 saturated heterocycles. The van der Waals surface area contributed by atoms with Gasteiger partial charge in [0, 0.05) is 6.20 Å². The molecule has 0 aliphatic heterocycles. The molecule has 3 aromatic rings. The Labute approximate surface area is 149 Å². The molecule has 2 N–H and O–H groups in total. The Bertz CT molecular complexity index is 924. The summed E-state index contributed by atoms with van der Waals surface area (Å²) in [6.07, 6.45) is 1.82. The maximum absolute atomic E-state index is 12.2. The third kappa shape index (κ3) is 3.77. The van der Waals surface area contributed by atoms with Gasteiger partial charge in [0.25, 0.3) is 5.91 Å². The highest BCUT2D eigenvalue weighted by Crippen LogP contribution is 2.14. The summed E-state index contributed by atoms with van der Waals surface area (Å²) in [4.78, 5) is 24.4. The van der Waals surface area contributed by atoms with Crippen molar-refractivity contribution in [3.8, 4) is 0 Å². The molecule has 2 amide bonds. The van der Waals surface area contributed by atoms with Crippen LogP contribution < -0.4 is 10.6 Å². The molecule has 1 aromatic carbocycles. The Kier molecular flexibility index (Phi) is 4.95. The summed E-state index contributed by atoms with van der Waals surface area (Å²) >= 11 is 5.99. The van der Waals surface area contributed by atoms with Gasteiger partial charge in [0.2, 0.25) is 5.91 Å². The lowest BCUT2D eigenvalue weighted by atomic mass is 10.2. The fraction of sp³-hybridized carbons (Fsp3) is 0.176. The van der Waals surface area contributed by atoms with Crippen LogP contribution in [0.2, 0.25) is 5.02 Å². The van der Waals surface area contributed by atoms with E-state index in [1.165, 1.54) is 0 Å². The van der Waals surface area contributed by atoms with E-state index in [9.17, 15) is 9.59 Å². The van der Waals surface area contributed by atoms with Crippen molar-refractivity contribution >= 4 is 29.1 Å². The molecule has 8 heteroatoms. The van der Waals surface area contributed by atoms with Crippen molar-refractivity contribution in [3.05, 3.63) is 65.1 Å². The van der Waals surface area contributed by atoms with Crippen LogP contribution in [0.1, 0.15) is 23.1 Å². The number of hydrogen-bond donors (Lipinski definition) is 2. The molecule has 128 valence electrons. The minimum atomic E-state index is -0.719. The van der Waals surface area contributed by atoms with E-state index in [4.69, 9.17) is 11.6 Å². The molecule has 7 nitrogen and oxygen atoms in total. The molecule has 0 unspecified atom stereocenters. The number of rotatable bonds is 5. The number of nitrogens with one attached hydrogen (secondary N) is 2.